The molecule has 0 atom stereocenters. The zero-order valence-corrected chi connectivity index (χ0v) is 8.20. The molecule has 4 heteroatoms. The second kappa shape index (κ2) is 3.88. The number of anilines is 1. The lowest BCUT2D eigenvalue weighted by molar-refractivity contribution is 0.00901. The average Bonchev–Trinajstić information content (AvgIpc) is 2.15. The van der Waals surface area contributed by atoms with Crippen LogP contribution < -0.4 is 5.73 Å². The first-order chi connectivity index (χ1) is 7.16. The van der Waals surface area contributed by atoms with E-state index < -0.39 is 11.8 Å². The Balaban J connectivity index is 2.07. The van der Waals surface area contributed by atoms with Crippen LogP contribution in [0.3, 0.4) is 0 Å². The largest absolute Gasteiger partial charge is 0.459 e. The van der Waals surface area contributed by atoms with E-state index in [0.717, 1.165) is 19.3 Å². The third-order valence-corrected chi connectivity index (χ3v) is 2.56. The average molecular weight is 209 g/mol. The van der Waals surface area contributed by atoms with Crippen molar-refractivity contribution < 1.29 is 13.9 Å². The molecule has 1 aromatic rings. The van der Waals surface area contributed by atoms with E-state index in [4.69, 9.17) is 10.5 Å². The molecule has 1 fully saturated rings. The predicted molar refractivity (Wildman–Crippen MR) is 53.9 cm³/mol. The summed E-state index contributed by atoms with van der Waals surface area (Å²) in [7, 11) is 0. The van der Waals surface area contributed by atoms with Crippen LogP contribution in [0.4, 0.5) is 10.1 Å². The number of esters is 1. The molecule has 0 saturated heterocycles. The number of rotatable bonds is 2. The highest BCUT2D eigenvalue weighted by Crippen LogP contribution is 2.23. The fraction of sp³-hybridized carbons (Fsp3) is 0.364. The number of nitrogens with two attached hydrogens (primary N) is 1. The summed E-state index contributed by atoms with van der Waals surface area (Å²) in [6.07, 6.45) is 2.97. The molecule has 2 N–H and O–H groups in total. The number of benzene rings is 1. The van der Waals surface area contributed by atoms with E-state index in [1.54, 1.807) is 0 Å². The van der Waals surface area contributed by atoms with Crippen LogP contribution in [0.25, 0.3) is 0 Å². The van der Waals surface area contributed by atoms with Gasteiger partial charge in [-0.15, -0.1) is 0 Å². The molecule has 1 aliphatic carbocycles. The monoisotopic (exact) mass is 209 g/mol. The van der Waals surface area contributed by atoms with E-state index in [0.29, 0.717) is 5.56 Å². The van der Waals surface area contributed by atoms with Gasteiger partial charge in [-0.2, -0.15) is 0 Å². The topological polar surface area (TPSA) is 52.3 Å². The second-order valence-corrected chi connectivity index (χ2v) is 3.69. The van der Waals surface area contributed by atoms with Crippen molar-refractivity contribution in [1.29, 1.82) is 0 Å². The molecule has 2 rings (SSSR count). The normalized spacial score (nSPS) is 15.8. The fourth-order valence-corrected chi connectivity index (χ4v) is 1.38. The Morgan fingerprint density at radius 3 is 2.73 bits per heavy atom. The highest BCUT2D eigenvalue weighted by Gasteiger charge is 2.22. The molecule has 80 valence electrons. The van der Waals surface area contributed by atoms with Gasteiger partial charge in [-0.1, -0.05) is 0 Å². The van der Waals surface area contributed by atoms with Gasteiger partial charge in [-0.25, -0.2) is 9.18 Å². The van der Waals surface area contributed by atoms with Gasteiger partial charge in [0.05, 0.1) is 11.3 Å². The van der Waals surface area contributed by atoms with E-state index in [9.17, 15) is 9.18 Å². The van der Waals surface area contributed by atoms with Gasteiger partial charge in [-0.05, 0) is 37.5 Å². The number of ether oxygens (including phenoxy) is 1. The van der Waals surface area contributed by atoms with Crippen LogP contribution in [-0.4, -0.2) is 12.1 Å². The van der Waals surface area contributed by atoms with Crippen LogP contribution in [0.1, 0.15) is 29.6 Å². The third-order valence-electron chi connectivity index (χ3n) is 2.56. The minimum Gasteiger partial charge on any atom is -0.459 e. The minimum absolute atomic E-state index is 0.0296. The van der Waals surface area contributed by atoms with Crippen LogP contribution in [0.5, 0.6) is 0 Å². The first-order valence-corrected chi connectivity index (χ1v) is 4.93. The number of hydrogen-bond acceptors (Lipinski definition) is 3. The van der Waals surface area contributed by atoms with Gasteiger partial charge in [0, 0.05) is 0 Å². The Kier molecular flexibility index (Phi) is 2.58. The first kappa shape index (κ1) is 9.96. The summed E-state index contributed by atoms with van der Waals surface area (Å²) in [5.74, 6) is -0.943. The van der Waals surface area contributed by atoms with Crippen molar-refractivity contribution in [2.24, 2.45) is 0 Å². The molecule has 1 aliphatic rings. The number of hydrogen-bond donors (Lipinski definition) is 1. The summed E-state index contributed by atoms with van der Waals surface area (Å²) in [6, 6.07) is 3.86. The SMILES string of the molecule is Nc1cc(C(=O)OC2CCC2)ccc1F. The summed E-state index contributed by atoms with van der Waals surface area (Å²) in [6.45, 7) is 0. The van der Waals surface area contributed by atoms with E-state index >= 15 is 0 Å². The maximum Gasteiger partial charge on any atom is 0.338 e. The lowest BCUT2D eigenvalue weighted by atomic mass is 9.96. The second-order valence-electron chi connectivity index (χ2n) is 3.69. The zero-order valence-electron chi connectivity index (χ0n) is 8.20. The number of nitrogen functional groups attached to an aromatic ring is 1. The van der Waals surface area contributed by atoms with Gasteiger partial charge < -0.3 is 10.5 Å². The van der Waals surface area contributed by atoms with Gasteiger partial charge in [-0.3, -0.25) is 0 Å². The summed E-state index contributed by atoms with van der Waals surface area (Å²) in [5.41, 5.74) is 5.63. The highest BCUT2D eigenvalue weighted by atomic mass is 19.1. The Morgan fingerprint density at radius 2 is 2.20 bits per heavy atom. The van der Waals surface area contributed by atoms with Gasteiger partial charge >= 0.3 is 5.97 Å². The number of carbonyl (C=O) groups excluding carboxylic acids is 1. The van der Waals surface area contributed by atoms with Crippen molar-refractivity contribution in [3.05, 3.63) is 29.6 Å². The Bertz CT molecular complexity index is 388. The number of carbonyl (C=O) groups is 1. The molecule has 0 amide bonds. The number of halogens is 1. The Hall–Kier alpha value is -1.58. The third kappa shape index (κ3) is 2.09. The molecule has 0 spiro atoms. The molecule has 0 heterocycles. The Morgan fingerprint density at radius 1 is 1.47 bits per heavy atom. The predicted octanol–water partition coefficient (Wildman–Crippen LogP) is 2.12. The summed E-state index contributed by atoms with van der Waals surface area (Å²) in [5, 5.41) is 0. The molecule has 15 heavy (non-hydrogen) atoms. The smallest absolute Gasteiger partial charge is 0.338 e. The maximum absolute atomic E-state index is 12.8. The molecule has 1 aromatic carbocycles. The van der Waals surface area contributed by atoms with Gasteiger partial charge in [0.15, 0.2) is 0 Å². The molecule has 0 aliphatic heterocycles. The van der Waals surface area contributed by atoms with Crippen molar-refractivity contribution in [3.8, 4) is 0 Å². The van der Waals surface area contributed by atoms with Crippen molar-refractivity contribution in [3.63, 3.8) is 0 Å². The van der Waals surface area contributed by atoms with Crippen molar-refractivity contribution in [2.45, 2.75) is 25.4 Å². The van der Waals surface area contributed by atoms with E-state index in [-0.39, 0.29) is 11.8 Å². The van der Waals surface area contributed by atoms with Crippen LogP contribution in [0.2, 0.25) is 0 Å². The lowest BCUT2D eigenvalue weighted by Gasteiger charge is -2.25. The Labute approximate surface area is 87.0 Å². The van der Waals surface area contributed by atoms with Crippen LogP contribution in [-0.2, 0) is 4.74 Å². The molecule has 3 nitrogen and oxygen atoms in total. The van der Waals surface area contributed by atoms with Gasteiger partial charge in [0.1, 0.15) is 11.9 Å². The van der Waals surface area contributed by atoms with Crippen molar-refractivity contribution >= 4 is 11.7 Å². The quantitative estimate of drug-likeness (QED) is 0.599. The highest BCUT2D eigenvalue weighted by molar-refractivity contribution is 5.90. The molecule has 0 aromatic heterocycles. The van der Waals surface area contributed by atoms with Crippen LogP contribution in [0.15, 0.2) is 18.2 Å². The zero-order chi connectivity index (χ0) is 10.8. The fourth-order valence-electron chi connectivity index (χ4n) is 1.38. The van der Waals surface area contributed by atoms with Gasteiger partial charge in [0.25, 0.3) is 0 Å². The standard InChI is InChI=1S/C11H12FNO2/c12-9-5-4-7(6-10(9)13)11(14)15-8-2-1-3-8/h4-6,8H,1-3,13H2. The van der Waals surface area contributed by atoms with E-state index in [1.807, 2.05) is 0 Å². The summed E-state index contributed by atoms with van der Waals surface area (Å²) in [4.78, 5) is 11.5. The molecule has 1 saturated carbocycles. The van der Waals surface area contributed by atoms with Crippen molar-refractivity contribution in [1.82, 2.24) is 0 Å². The molecule has 0 bridgehead atoms. The van der Waals surface area contributed by atoms with Crippen LogP contribution >= 0.6 is 0 Å². The molecular formula is C11H12FNO2. The van der Waals surface area contributed by atoms with E-state index in [1.165, 1.54) is 18.2 Å². The lowest BCUT2D eigenvalue weighted by Crippen LogP contribution is -2.25. The van der Waals surface area contributed by atoms with Crippen molar-refractivity contribution in [2.75, 3.05) is 5.73 Å². The minimum atomic E-state index is -0.518. The van der Waals surface area contributed by atoms with Crippen LogP contribution in [0, 0.1) is 5.82 Å². The summed E-state index contributed by atoms with van der Waals surface area (Å²) >= 11 is 0. The maximum atomic E-state index is 12.8. The van der Waals surface area contributed by atoms with E-state index in [2.05, 4.69) is 0 Å². The molecule has 0 radical (unpaired) electrons. The van der Waals surface area contributed by atoms with Gasteiger partial charge in [0.2, 0.25) is 0 Å². The first-order valence-electron chi connectivity index (χ1n) is 4.93. The summed E-state index contributed by atoms with van der Waals surface area (Å²) < 4.78 is 18.0. The molecule has 0 unspecified atom stereocenters. The molecular weight excluding hydrogens is 197 g/mol.